The van der Waals surface area contributed by atoms with E-state index in [4.69, 9.17) is 8.94 Å². The number of aromatic nitrogens is 2. The Balaban J connectivity index is 1.66. The van der Waals surface area contributed by atoms with Gasteiger partial charge in [-0.2, -0.15) is 18.4 Å². The summed E-state index contributed by atoms with van der Waals surface area (Å²) in [5.74, 6) is -0.401. The Hall–Kier alpha value is -4.33. The van der Waals surface area contributed by atoms with Gasteiger partial charge in [0.25, 0.3) is 11.6 Å². The summed E-state index contributed by atoms with van der Waals surface area (Å²) >= 11 is 0. The fourth-order valence-corrected chi connectivity index (χ4v) is 3.00. The summed E-state index contributed by atoms with van der Waals surface area (Å²) in [6.45, 7) is 0.113. The Morgan fingerprint density at radius 3 is 2.78 bits per heavy atom. The number of ether oxygens (including phenoxy) is 1. The minimum Gasteiger partial charge on any atom is -0.483 e. The second-order valence-electron chi connectivity index (χ2n) is 6.66. The van der Waals surface area contributed by atoms with Gasteiger partial charge in [0.2, 0.25) is 0 Å². The number of hydrogen-bond donors (Lipinski definition) is 1. The van der Waals surface area contributed by atoms with Crippen molar-refractivity contribution in [1.82, 2.24) is 10.1 Å². The van der Waals surface area contributed by atoms with Gasteiger partial charge in [0.15, 0.2) is 12.4 Å². The standard InChI is InChI=1S/C21H13F3N4O4/c1-11-18-14(8-15(17-3-2-6-30-17)27-20(18)32-28-11)19(29)26-13-4-5-16(12(7-13)9-25)31-10-21(22,23)24/h2-8H,10H2,1H3,(H,26,29). The van der Waals surface area contributed by atoms with E-state index < -0.39 is 18.7 Å². The number of halogens is 3. The van der Waals surface area contributed by atoms with Gasteiger partial charge in [-0.05, 0) is 43.3 Å². The number of rotatable bonds is 5. The van der Waals surface area contributed by atoms with E-state index in [-0.39, 0.29) is 28.3 Å². The molecule has 0 aliphatic rings. The van der Waals surface area contributed by atoms with Crippen LogP contribution in [-0.2, 0) is 0 Å². The monoisotopic (exact) mass is 442 g/mol. The number of hydrogen-bond acceptors (Lipinski definition) is 7. The van der Waals surface area contributed by atoms with E-state index in [0.29, 0.717) is 22.5 Å². The average Bonchev–Trinajstić information content (AvgIpc) is 3.42. The number of nitrogens with zero attached hydrogens (tertiary/aromatic N) is 3. The molecule has 0 unspecified atom stereocenters. The molecule has 0 bridgehead atoms. The van der Waals surface area contributed by atoms with E-state index in [1.54, 1.807) is 25.1 Å². The van der Waals surface area contributed by atoms with Crippen molar-refractivity contribution in [2.24, 2.45) is 0 Å². The number of benzene rings is 1. The van der Waals surface area contributed by atoms with E-state index in [1.807, 2.05) is 0 Å². The van der Waals surface area contributed by atoms with Crippen LogP contribution in [-0.4, -0.2) is 28.8 Å². The molecule has 1 amide bonds. The SMILES string of the molecule is Cc1noc2nc(-c3ccco3)cc(C(=O)Nc3ccc(OCC(F)(F)F)c(C#N)c3)c12. The first kappa shape index (κ1) is 20.9. The van der Waals surface area contributed by atoms with E-state index in [9.17, 15) is 23.2 Å². The number of alkyl halides is 3. The summed E-state index contributed by atoms with van der Waals surface area (Å²) in [6, 6.07) is 10.3. The molecule has 0 fully saturated rings. The molecule has 0 saturated heterocycles. The first-order valence-electron chi connectivity index (χ1n) is 9.11. The molecule has 3 aromatic heterocycles. The van der Waals surface area contributed by atoms with Crippen LogP contribution in [0.1, 0.15) is 21.6 Å². The number of nitrogens with one attached hydrogen (secondary N) is 1. The van der Waals surface area contributed by atoms with Crippen molar-refractivity contribution < 1.29 is 31.6 Å². The predicted molar refractivity (Wildman–Crippen MR) is 105 cm³/mol. The summed E-state index contributed by atoms with van der Waals surface area (Å²) in [5.41, 5.74) is 1.13. The van der Waals surface area contributed by atoms with Gasteiger partial charge in [0, 0.05) is 5.69 Å². The van der Waals surface area contributed by atoms with E-state index in [2.05, 4.69) is 20.2 Å². The third-order valence-electron chi connectivity index (χ3n) is 4.38. The van der Waals surface area contributed by atoms with Crippen molar-refractivity contribution in [1.29, 1.82) is 5.26 Å². The fraction of sp³-hybridized carbons (Fsp3) is 0.143. The second-order valence-corrected chi connectivity index (χ2v) is 6.66. The molecule has 0 spiro atoms. The molecule has 11 heteroatoms. The van der Waals surface area contributed by atoms with Crippen molar-refractivity contribution in [2.45, 2.75) is 13.1 Å². The summed E-state index contributed by atoms with van der Waals surface area (Å²) in [4.78, 5) is 17.4. The maximum absolute atomic E-state index is 13.0. The number of amides is 1. The summed E-state index contributed by atoms with van der Waals surface area (Å²) in [7, 11) is 0. The zero-order valence-electron chi connectivity index (χ0n) is 16.4. The molecule has 0 atom stereocenters. The summed E-state index contributed by atoms with van der Waals surface area (Å²) < 4.78 is 52.4. The van der Waals surface area contributed by atoms with Crippen LogP contribution < -0.4 is 10.1 Å². The first-order valence-corrected chi connectivity index (χ1v) is 9.11. The largest absolute Gasteiger partial charge is 0.483 e. The highest BCUT2D eigenvalue weighted by Crippen LogP contribution is 2.29. The van der Waals surface area contributed by atoms with Crippen molar-refractivity contribution in [3.63, 3.8) is 0 Å². The summed E-state index contributed by atoms with van der Waals surface area (Å²) in [5, 5.41) is 16.1. The van der Waals surface area contributed by atoms with Crippen molar-refractivity contribution >= 4 is 22.7 Å². The van der Waals surface area contributed by atoms with Crippen molar-refractivity contribution in [3.8, 4) is 23.3 Å². The van der Waals surface area contributed by atoms with E-state index in [0.717, 1.165) is 0 Å². The lowest BCUT2D eigenvalue weighted by atomic mass is 10.1. The zero-order chi connectivity index (χ0) is 22.9. The molecule has 0 radical (unpaired) electrons. The third kappa shape index (κ3) is 4.24. The van der Waals surface area contributed by atoms with Gasteiger partial charge in [0.05, 0.1) is 28.5 Å². The highest BCUT2D eigenvalue weighted by molar-refractivity contribution is 6.13. The maximum atomic E-state index is 13.0. The van der Waals surface area contributed by atoms with Gasteiger partial charge >= 0.3 is 6.18 Å². The Bertz CT molecular complexity index is 1340. The molecular formula is C21H13F3N4O4. The van der Waals surface area contributed by atoms with E-state index >= 15 is 0 Å². The molecule has 0 aliphatic heterocycles. The van der Waals surface area contributed by atoms with Gasteiger partial charge < -0.3 is 19.0 Å². The van der Waals surface area contributed by atoms with Gasteiger partial charge in [-0.3, -0.25) is 4.79 Å². The van der Waals surface area contributed by atoms with Gasteiger partial charge in [-0.15, -0.1) is 0 Å². The van der Waals surface area contributed by atoms with Crippen LogP contribution in [0.4, 0.5) is 18.9 Å². The van der Waals surface area contributed by atoms with Gasteiger partial charge in [0.1, 0.15) is 17.5 Å². The number of aryl methyl sites for hydroxylation is 1. The maximum Gasteiger partial charge on any atom is 0.422 e. The van der Waals surface area contributed by atoms with Crippen LogP contribution in [0.2, 0.25) is 0 Å². The van der Waals surface area contributed by atoms with Crippen LogP contribution >= 0.6 is 0 Å². The Morgan fingerprint density at radius 2 is 2.09 bits per heavy atom. The summed E-state index contributed by atoms with van der Waals surface area (Å²) in [6.07, 6.45) is -3.09. The minimum atomic E-state index is -4.55. The lowest BCUT2D eigenvalue weighted by Crippen LogP contribution is -2.19. The number of fused-ring (bicyclic) bond motifs is 1. The highest BCUT2D eigenvalue weighted by Gasteiger charge is 2.29. The second kappa shape index (κ2) is 8.07. The molecule has 4 rings (SSSR count). The average molecular weight is 442 g/mol. The molecule has 1 aromatic carbocycles. The molecule has 32 heavy (non-hydrogen) atoms. The quantitative estimate of drug-likeness (QED) is 0.470. The highest BCUT2D eigenvalue weighted by atomic mass is 19.4. The number of anilines is 1. The molecular weight excluding hydrogens is 429 g/mol. The predicted octanol–water partition coefficient (Wildman–Crippen LogP) is 4.86. The number of carbonyl (C=O) groups excluding carboxylic acids is 1. The number of carbonyl (C=O) groups is 1. The molecule has 1 N–H and O–H groups in total. The third-order valence-corrected chi connectivity index (χ3v) is 4.38. The van der Waals surface area contributed by atoms with Crippen LogP contribution in [0.3, 0.4) is 0 Å². The van der Waals surface area contributed by atoms with Crippen LogP contribution in [0.25, 0.3) is 22.6 Å². The smallest absolute Gasteiger partial charge is 0.422 e. The van der Waals surface area contributed by atoms with Gasteiger partial charge in [-0.1, -0.05) is 5.16 Å². The molecule has 0 saturated carbocycles. The number of furan rings is 1. The Morgan fingerprint density at radius 1 is 1.28 bits per heavy atom. The van der Waals surface area contributed by atoms with Crippen LogP contribution in [0, 0.1) is 18.3 Å². The lowest BCUT2D eigenvalue weighted by molar-refractivity contribution is -0.153. The zero-order valence-corrected chi connectivity index (χ0v) is 16.4. The van der Waals surface area contributed by atoms with Crippen molar-refractivity contribution in [2.75, 3.05) is 11.9 Å². The molecule has 8 nitrogen and oxygen atoms in total. The van der Waals surface area contributed by atoms with Crippen LogP contribution in [0.15, 0.2) is 51.6 Å². The minimum absolute atomic E-state index is 0.134. The van der Waals surface area contributed by atoms with E-state index in [1.165, 1.54) is 30.5 Å². The Labute approximate surface area is 178 Å². The molecule has 4 aromatic rings. The normalized spacial score (nSPS) is 11.3. The fourth-order valence-electron chi connectivity index (χ4n) is 3.00. The topological polar surface area (TPSA) is 114 Å². The van der Waals surface area contributed by atoms with Crippen molar-refractivity contribution in [3.05, 3.63) is 59.5 Å². The first-order chi connectivity index (χ1) is 15.2. The van der Waals surface area contributed by atoms with Gasteiger partial charge in [-0.25, -0.2) is 4.98 Å². The number of nitriles is 1. The number of pyridine rings is 1. The molecule has 162 valence electrons. The lowest BCUT2D eigenvalue weighted by Gasteiger charge is -2.12. The van der Waals surface area contributed by atoms with Crippen LogP contribution in [0.5, 0.6) is 5.75 Å². The molecule has 0 aliphatic carbocycles. The Kier molecular flexibility index (Phi) is 5.28. The molecule has 3 heterocycles.